The third-order valence-corrected chi connectivity index (χ3v) is 4.72. The summed E-state index contributed by atoms with van der Waals surface area (Å²) in [5.74, 6) is -1.08. The number of benzene rings is 2. The lowest BCUT2D eigenvalue weighted by Gasteiger charge is -2.14. The van der Waals surface area contributed by atoms with Crippen molar-refractivity contribution in [3.05, 3.63) is 67.6 Å². The molecule has 6 heteroatoms. The Labute approximate surface area is 136 Å². The quantitative estimate of drug-likeness (QED) is 0.376. The molecule has 0 nitrogen and oxygen atoms in total. The Hall–Kier alpha value is -0.160. The average Bonchev–Trinajstić information content (AvgIpc) is 2.36. The van der Waals surface area contributed by atoms with E-state index in [4.69, 9.17) is 23.2 Å². The molecule has 2 rings (SSSR count). The van der Waals surface area contributed by atoms with E-state index in [-0.39, 0.29) is 10.0 Å². The summed E-state index contributed by atoms with van der Waals surface area (Å²) in [6, 6.07) is 7.06. The molecular formula is C13H6Br2Cl2F2. The predicted octanol–water partition coefficient (Wildman–Crippen LogP) is 6.52. The number of hydrogen-bond acceptors (Lipinski definition) is 0. The van der Waals surface area contributed by atoms with Crippen molar-refractivity contribution in [2.75, 3.05) is 0 Å². The van der Waals surface area contributed by atoms with Gasteiger partial charge in [-0.05, 0) is 51.8 Å². The first-order valence-corrected chi connectivity index (χ1v) is 7.60. The second-order valence-electron chi connectivity index (χ2n) is 3.82. The summed E-state index contributed by atoms with van der Waals surface area (Å²) in [6.45, 7) is 0. The molecule has 0 bridgehead atoms. The maximum Gasteiger partial charge on any atom is 0.137 e. The summed E-state index contributed by atoms with van der Waals surface area (Å²) in [7, 11) is 0. The molecule has 0 amide bonds. The molecule has 1 unspecified atom stereocenters. The van der Waals surface area contributed by atoms with E-state index in [0.29, 0.717) is 15.6 Å². The summed E-state index contributed by atoms with van der Waals surface area (Å²) >= 11 is 18.2. The van der Waals surface area contributed by atoms with Gasteiger partial charge in [0.05, 0.1) is 9.30 Å². The Balaban J connectivity index is 2.52. The van der Waals surface area contributed by atoms with Gasteiger partial charge in [-0.3, -0.25) is 0 Å². The number of hydrogen-bond donors (Lipinski definition) is 0. The molecule has 0 aliphatic heterocycles. The van der Waals surface area contributed by atoms with Crippen LogP contribution in [0.4, 0.5) is 8.78 Å². The van der Waals surface area contributed by atoms with Crippen LogP contribution < -0.4 is 0 Å². The lowest BCUT2D eigenvalue weighted by atomic mass is 10.0. The van der Waals surface area contributed by atoms with Crippen LogP contribution in [0.25, 0.3) is 0 Å². The zero-order chi connectivity index (χ0) is 14.2. The maximum atomic E-state index is 13.9. The van der Waals surface area contributed by atoms with Gasteiger partial charge in [0, 0.05) is 15.6 Å². The maximum absolute atomic E-state index is 13.9. The van der Waals surface area contributed by atoms with Crippen molar-refractivity contribution in [1.82, 2.24) is 0 Å². The summed E-state index contributed by atoms with van der Waals surface area (Å²) in [5, 5.41) is 0.899. The highest BCUT2D eigenvalue weighted by molar-refractivity contribution is 9.10. The first-order valence-electron chi connectivity index (χ1n) is 5.13. The highest BCUT2D eigenvalue weighted by atomic mass is 79.9. The van der Waals surface area contributed by atoms with E-state index in [1.54, 1.807) is 18.2 Å². The standard InChI is InChI=1S/C13H6Br2Cl2F2/c14-9-5-11(18)8(4-12(9)19)13(15)7-3-6(16)1-2-10(7)17/h1-5,13H. The molecule has 0 radical (unpaired) electrons. The SMILES string of the molecule is Fc1cc(C(Br)c2cc(Cl)ccc2Cl)c(F)cc1Br. The number of alkyl halides is 1. The molecule has 1 atom stereocenters. The van der Waals surface area contributed by atoms with E-state index in [9.17, 15) is 8.78 Å². The highest BCUT2D eigenvalue weighted by Crippen LogP contribution is 2.38. The van der Waals surface area contributed by atoms with E-state index in [1.807, 2.05) is 0 Å². The molecular weight excluding hydrogens is 425 g/mol. The minimum absolute atomic E-state index is 0.0747. The molecule has 2 aromatic carbocycles. The van der Waals surface area contributed by atoms with Crippen molar-refractivity contribution in [2.45, 2.75) is 4.83 Å². The second kappa shape index (κ2) is 6.08. The molecule has 0 saturated heterocycles. The van der Waals surface area contributed by atoms with Gasteiger partial charge >= 0.3 is 0 Å². The van der Waals surface area contributed by atoms with Crippen LogP contribution in [-0.4, -0.2) is 0 Å². The van der Waals surface area contributed by atoms with Gasteiger partial charge in [0.1, 0.15) is 11.6 Å². The van der Waals surface area contributed by atoms with Crippen molar-refractivity contribution in [3.63, 3.8) is 0 Å². The first kappa shape index (κ1) is 15.2. The Bertz CT molecular complexity index is 632. The summed E-state index contributed by atoms with van der Waals surface area (Å²) < 4.78 is 27.5. The van der Waals surface area contributed by atoms with Crippen LogP contribution in [0.3, 0.4) is 0 Å². The van der Waals surface area contributed by atoms with Crippen molar-refractivity contribution >= 4 is 55.1 Å². The molecule has 0 aliphatic rings. The molecule has 0 spiro atoms. The van der Waals surface area contributed by atoms with Crippen LogP contribution in [0.5, 0.6) is 0 Å². The van der Waals surface area contributed by atoms with Crippen LogP contribution in [-0.2, 0) is 0 Å². The minimum atomic E-state index is -0.582. The zero-order valence-corrected chi connectivity index (χ0v) is 13.9. The van der Waals surface area contributed by atoms with Gasteiger partial charge in [-0.2, -0.15) is 0 Å². The predicted molar refractivity (Wildman–Crippen MR) is 81.3 cm³/mol. The number of halogens is 6. The molecule has 2 aromatic rings. The fraction of sp³-hybridized carbons (Fsp3) is 0.0769. The van der Waals surface area contributed by atoms with Crippen LogP contribution in [0.1, 0.15) is 16.0 Å². The van der Waals surface area contributed by atoms with Gasteiger partial charge in [0.15, 0.2) is 0 Å². The van der Waals surface area contributed by atoms with E-state index in [1.165, 1.54) is 0 Å². The van der Waals surface area contributed by atoms with Gasteiger partial charge in [-0.1, -0.05) is 39.1 Å². The molecule has 19 heavy (non-hydrogen) atoms. The zero-order valence-electron chi connectivity index (χ0n) is 9.23. The molecule has 0 N–H and O–H groups in total. The van der Waals surface area contributed by atoms with Crippen molar-refractivity contribution in [1.29, 1.82) is 0 Å². The van der Waals surface area contributed by atoms with Crippen molar-refractivity contribution in [2.24, 2.45) is 0 Å². The Morgan fingerprint density at radius 1 is 0.947 bits per heavy atom. The number of rotatable bonds is 2. The molecule has 0 heterocycles. The fourth-order valence-corrected chi connectivity index (χ4v) is 3.19. The van der Waals surface area contributed by atoms with Gasteiger partial charge in [0.2, 0.25) is 0 Å². The second-order valence-corrected chi connectivity index (χ2v) is 6.43. The first-order chi connectivity index (χ1) is 8.90. The molecule has 0 aliphatic carbocycles. The van der Waals surface area contributed by atoms with Gasteiger partial charge < -0.3 is 0 Å². The normalized spacial score (nSPS) is 12.5. The Kier molecular flexibility index (Phi) is 4.88. The van der Waals surface area contributed by atoms with Gasteiger partial charge in [-0.25, -0.2) is 8.78 Å². The van der Waals surface area contributed by atoms with Crippen LogP contribution in [0, 0.1) is 11.6 Å². The topological polar surface area (TPSA) is 0 Å². The highest BCUT2D eigenvalue weighted by Gasteiger charge is 2.20. The molecule has 0 aromatic heterocycles. The van der Waals surface area contributed by atoms with Crippen LogP contribution in [0.2, 0.25) is 10.0 Å². The van der Waals surface area contributed by atoms with Crippen molar-refractivity contribution in [3.8, 4) is 0 Å². The molecule has 0 saturated carbocycles. The van der Waals surface area contributed by atoms with E-state index in [2.05, 4.69) is 31.9 Å². The third kappa shape index (κ3) is 3.30. The fourth-order valence-electron chi connectivity index (χ4n) is 1.61. The van der Waals surface area contributed by atoms with Crippen LogP contribution >= 0.6 is 55.1 Å². The van der Waals surface area contributed by atoms with Crippen molar-refractivity contribution < 1.29 is 8.78 Å². The van der Waals surface area contributed by atoms with E-state index >= 15 is 0 Å². The van der Waals surface area contributed by atoms with E-state index in [0.717, 1.165) is 12.1 Å². The molecule has 0 fully saturated rings. The summed E-state index contributed by atoms with van der Waals surface area (Å²) in [5.41, 5.74) is 0.736. The Morgan fingerprint density at radius 2 is 1.63 bits per heavy atom. The van der Waals surface area contributed by atoms with Crippen LogP contribution in [0.15, 0.2) is 34.8 Å². The summed E-state index contributed by atoms with van der Waals surface area (Å²) in [6.07, 6.45) is 0. The monoisotopic (exact) mass is 428 g/mol. The third-order valence-electron chi connectivity index (χ3n) is 2.54. The van der Waals surface area contributed by atoms with Gasteiger partial charge in [-0.15, -0.1) is 0 Å². The minimum Gasteiger partial charge on any atom is -0.207 e. The largest absolute Gasteiger partial charge is 0.207 e. The smallest absolute Gasteiger partial charge is 0.137 e. The lowest BCUT2D eigenvalue weighted by molar-refractivity contribution is 0.583. The van der Waals surface area contributed by atoms with E-state index < -0.39 is 16.5 Å². The van der Waals surface area contributed by atoms with Gasteiger partial charge in [0.25, 0.3) is 0 Å². The molecule has 100 valence electrons. The summed E-state index contributed by atoms with van der Waals surface area (Å²) in [4.78, 5) is -0.582. The lowest BCUT2D eigenvalue weighted by Crippen LogP contribution is -1.99. The average molecular weight is 431 g/mol. The Morgan fingerprint density at radius 3 is 2.32 bits per heavy atom.